The zero-order valence-corrected chi connectivity index (χ0v) is 16.8. The quantitative estimate of drug-likeness (QED) is 0.579. The Labute approximate surface area is 167 Å². The molecule has 28 heavy (non-hydrogen) atoms. The van der Waals surface area contributed by atoms with Gasteiger partial charge in [0.25, 0.3) is 0 Å². The number of aliphatic hydroxyl groups is 1. The molecule has 2 rings (SSSR count). The number of hydrogen-bond acceptors (Lipinski definition) is 4. The highest BCUT2D eigenvalue weighted by Crippen LogP contribution is 2.28. The van der Waals surface area contributed by atoms with E-state index in [4.69, 9.17) is 9.84 Å². The molecule has 0 aromatic heterocycles. The molecule has 0 spiro atoms. The average Bonchev–Trinajstić information content (AvgIpc) is 2.68. The number of unbranched alkanes of at least 4 members (excludes halogenated alkanes) is 4. The summed E-state index contributed by atoms with van der Waals surface area (Å²) in [6, 6.07) is 9.42. The third kappa shape index (κ3) is 7.15. The number of hydrogen-bond donors (Lipinski definition) is 2. The van der Waals surface area contributed by atoms with Crippen LogP contribution in [0.25, 0.3) is 0 Å². The van der Waals surface area contributed by atoms with Crippen molar-refractivity contribution in [3.8, 4) is 0 Å². The molecule has 1 fully saturated rings. The van der Waals surface area contributed by atoms with E-state index in [9.17, 15) is 14.7 Å². The van der Waals surface area contributed by atoms with Crippen LogP contribution in [0.15, 0.2) is 30.3 Å². The summed E-state index contributed by atoms with van der Waals surface area (Å²) in [6.07, 6.45) is 6.40. The van der Waals surface area contributed by atoms with Crippen molar-refractivity contribution in [3.63, 3.8) is 0 Å². The van der Waals surface area contributed by atoms with Crippen molar-refractivity contribution < 1.29 is 24.5 Å². The smallest absolute Gasteiger partial charge is 0.410 e. The number of rotatable bonds is 10. The molecule has 1 saturated heterocycles. The zero-order valence-electron chi connectivity index (χ0n) is 16.8. The van der Waals surface area contributed by atoms with Crippen LogP contribution in [0, 0.1) is 0 Å². The summed E-state index contributed by atoms with van der Waals surface area (Å²) in [7, 11) is 0. The largest absolute Gasteiger partial charge is 0.481 e. The van der Waals surface area contributed by atoms with Gasteiger partial charge in [0.2, 0.25) is 0 Å². The minimum absolute atomic E-state index is 0.0840. The maximum absolute atomic E-state index is 12.7. The Morgan fingerprint density at radius 2 is 1.75 bits per heavy atom. The number of benzene rings is 1. The Morgan fingerprint density at radius 3 is 2.46 bits per heavy atom. The molecule has 2 N–H and O–H groups in total. The van der Waals surface area contributed by atoms with Gasteiger partial charge in [-0.1, -0.05) is 56.0 Å². The lowest BCUT2D eigenvalue weighted by Gasteiger charge is -2.42. The lowest BCUT2D eigenvalue weighted by atomic mass is 9.91. The van der Waals surface area contributed by atoms with Crippen LogP contribution in [0.1, 0.15) is 70.3 Å². The van der Waals surface area contributed by atoms with Crippen LogP contribution >= 0.6 is 0 Å². The fourth-order valence-electron chi connectivity index (χ4n) is 3.84. The molecule has 1 aromatic carbocycles. The number of ether oxygens (including phenoxy) is 1. The number of carboxylic acid groups (broad SMARTS) is 1. The fraction of sp³-hybridized carbons (Fsp3) is 0.636. The highest BCUT2D eigenvalue weighted by Gasteiger charge is 2.37. The molecule has 0 unspecified atom stereocenters. The predicted molar refractivity (Wildman–Crippen MR) is 107 cm³/mol. The first-order valence-corrected chi connectivity index (χ1v) is 10.4. The normalized spacial score (nSPS) is 22.1. The second-order valence-electron chi connectivity index (χ2n) is 7.69. The van der Waals surface area contributed by atoms with E-state index in [-0.39, 0.29) is 31.2 Å². The van der Waals surface area contributed by atoms with E-state index in [1.165, 1.54) is 0 Å². The second-order valence-corrected chi connectivity index (χ2v) is 7.69. The number of amides is 1. The molecule has 1 amide bonds. The van der Waals surface area contributed by atoms with E-state index in [1.54, 1.807) is 4.90 Å². The summed E-state index contributed by atoms with van der Waals surface area (Å²) in [5, 5.41) is 18.9. The molecule has 1 aromatic rings. The van der Waals surface area contributed by atoms with Gasteiger partial charge in [0, 0.05) is 12.5 Å². The number of carbonyl (C=O) groups excluding carboxylic acids is 1. The third-order valence-electron chi connectivity index (χ3n) is 5.53. The van der Waals surface area contributed by atoms with Crippen LogP contribution < -0.4 is 0 Å². The lowest BCUT2D eigenvalue weighted by molar-refractivity contribution is -0.137. The zero-order chi connectivity index (χ0) is 20.4. The van der Waals surface area contributed by atoms with Crippen LogP contribution in [0.4, 0.5) is 4.79 Å². The van der Waals surface area contributed by atoms with Crippen LogP contribution in [0.2, 0.25) is 0 Å². The molecule has 0 aliphatic carbocycles. The SMILES string of the molecule is C[C@H]1[C@@H](O)CC[C@@H](CCCCCCCC(=O)O)N1C(=O)OCc1ccccc1. The van der Waals surface area contributed by atoms with Gasteiger partial charge in [-0.15, -0.1) is 0 Å². The molecule has 0 radical (unpaired) electrons. The number of carboxylic acids is 1. The van der Waals surface area contributed by atoms with E-state index in [1.807, 2.05) is 37.3 Å². The Kier molecular flexibility index (Phi) is 9.28. The second kappa shape index (κ2) is 11.7. The van der Waals surface area contributed by atoms with E-state index >= 15 is 0 Å². The molecule has 1 aliphatic rings. The van der Waals surface area contributed by atoms with Gasteiger partial charge in [-0.25, -0.2) is 4.79 Å². The number of aliphatic carboxylic acids is 1. The molecule has 6 nitrogen and oxygen atoms in total. The number of nitrogens with zero attached hydrogens (tertiary/aromatic N) is 1. The summed E-state index contributed by atoms with van der Waals surface area (Å²) in [5.74, 6) is -0.737. The van der Waals surface area contributed by atoms with Gasteiger partial charge in [0.05, 0.1) is 12.1 Å². The van der Waals surface area contributed by atoms with E-state index in [0.29, 0.717) is 6.42 Å². The lowest BCUT2D eigenvalue weighted by Crippen LogP contribution is -2.54. The van der Waals surface area contributed by atoms with Gasteiger partial charge in [-0.3, -0.25) is 9.69 Å². The predicted octanol–water partition coefficient (Wildman–Crippen LogP) is 4.35. The van der Waals surface area contributed by atoms with Crippen molar-refractivity contribution >= 4 is 12.1 Å². The first-order valence-electron chi connectivity index (χ1n) is 10.4. The molecule has 6 heteroatoms. The Balaban J connectivity index is 1.80. The van der Waals surface area contributed by atoms with Gasteiger partial charge < -0.3 is 14.9 Å². The van der Waals surface area contributed by atoms with E-state index in [0.717, 1.165) is 50.5 Å². The third-order valence-corrected chi connectivity index (χ3v) is 5.53. The summed E-state index contributed by atoms with van der Waals surface area (Å²) in [6.45, 7) is 2.11. The van der Waals surface area contributed by atoms with Crippen LogP contribution in [-0.2, 0) is 16.1 Å². The van der Waals surface area contributed by atoms with Crippen molar-refractivity contribution in [2.75, 3.05) is 0 Å². The van der Waals surface area contributed by atoms with Gasteiger partial charge in [0.1, 0.15) is 6.61 Å². The molecule has 1 heterocycles. The summed E-state index contributed by atoms with van der Waals surface area (Å²) >= 11 is 0. The maximum atomic E-state index is 12.7. The van der Waals surface area contributed by atoms with Crippen molar-refractivity contribution in [1.82, 2.24) is 4.90 Å². The molecule has 0 bridgehead atoms. The van der Waals surface area contributed by atoms with Gasteiger partial charge in [0.15, 0.2) is 0 Å². The Morgan fingerprint density at radius 1 is 1.07 bits per heavy atom. The molecular formula is C22H33NO5. The first-order chi connectivity index (χ1) is 13.5. The monoisotopic (exact) mass is 391 g/mol. The van der Waals surface area contributed by atoms with Gasteiger partial charge in [-0.2, -0.15) is 0 Å². The fourth-order valence-corrected chi connectivity index (χ4v) is 3.84. The Hall–Kier alpha value is -2.08. The van der Waals surface area contributed by atoms with Crippen molar-refractivity contribution in [1.29, 1.82) is 0 Å². The number of carbonyl (C=O) groups is 2. The maximum Gasteiger partial charge on any atom is 0.410 e. The first kappa shape index (κ1) is 22.2. The molecule has 1 aliphatic heterocycles. The summed E-state index contributed by atoms with van der Waals surface area (Å²) in [5.41, 5.74) is 0.943. The van der Waals surface area contributed by atoms with Gasteiger partial charge in [-0.05, 0) is 38.2 Å². The molecule has 3 atom stereocenters. The highest BCUT2D eigenvalue weighted by molar-refractivity contribution is 5.68. The van der Waals surface area contributed by atoms with E-state index < -0.39 is 12.1 Å². The van der Waals surface area contributed by atoms with Crippen molar-refractivity contribution in [3.05, 3.63) is 35.9 Å². The topological polar surface area (TPSA) is 87.1 Å². The molecule has 156 valence electrons. The summed E-state index contributed by atoms with van der Waals surface area (Å²) < 4.78 is 5.52. The average molecular weight is 392 g/mol. The Bertz CT molecular complexity index is 606. The minimum atomic E-state index is -0.737. The van der Waals surface area contributed by atoms with Crippen molar-refractivity contribution in [2.45, 2.75) is 89.5 Å². The standard InChI is InChI=1S/C22H33NO5/c1-17-20(24)15-14-19(12-8-3-2-4-9-13-21(25)26)23(17)22(27)28-16-18-10-6-5-7-11-18/h5-7,10-11,17,19-20,24H,2-4,8-9,12-16H2,1H3,(H,25,26)/t17-,19+,20-/m0/s1. The van der Waals surface area contributed by atoms with Crippen LogP contribution in [-0.4, -0.2) is 45.4 Å². The summed E-state index contributed by atoms with van der Waals surface area (Å²) in [4.78, 5) is 25.0. The molecule has 0 saturated carbocycles. The number of aliphatic hydroxyl groups excluding tert-OH is 1. The van der Waals surface area contributed by atoms with Gasteiger partial charge >= 0.3 is 12.1 Å². The van der Waals surface area contributed by atoms with Crippen LogP contribution in [0.3, 0.4) is 0 Å². The number of piperidine rings is 1. The molecular weight excluding hydrogens is 358 g/mol. The minimum Gasteiger partial charge on any atom is -0.481 e. The van der Waals surface area contributed by atoms with Crippen molar-refractivity contribution in [2.24, 2.45) is 0 Å². The highest BCUT2D eigenvalue weighted by atomic mass is 16.6. The van der Waals surface area contributed by atoms with Crippen LogP contribution in [0.5, 0.6) is 0 Å². The van der Waals surface area contributed by atoms with E-state index in [2.05, 4.69) is 0 Å². The number of likely N-dealkylation sites (tertiary alicyclic amines) is 1.